The molecule has 0 saturated heterocycles. The van der Waals surface area contributed by atoms with Crippen molar-refractivity contribution in [2.45, 2.75) is 52.4 Å². The van der Waals surface area contributed by atoms with Gasteiger partial charge in [0, 0.05) is 7.11 Å². The molecule has 2 atom stereocenters. The van der Waals surface area contributed by atoms with Crippen molar-refractivity contribution in [1.82, 2.24) is 0 Å². The number of carbonyl (C=O) groups excluding carboxylic acids is 1. The largest absolute Gasteiger partial charge is 0.444 e. The van der Waals surface area contributed by atoms with Gasteiger partial charge in [-0.2, -0.15) is 0 Å². The SMILES string of the molecule is CC(C)(C)OC(N)=O.COC(C)C(C)O. The lowest BCUT2D eigenvalue weighted by Crippen LogP contribution is -2.27. The zero-order chi connectivity index (χ0) is 12.6. The molecule has 0 aromatic carbocycles. The highest BCUT2D eigenvalue weighted by atomic mass is 16.6. The van der Waals surface area contributed by atoms with E-state index in [0.717, 1.165) is 0 Å². The van der Waals surface area contributed by atoms with Crippen LogP contribution in [0.4, 0.5) is 4.79 Å². The van der Waals surface area contributed by atoms with Crippen LogP contribution in [0.1, 0.15) is 34.6 Å². The fourth-order valence-corrected chi connectivity index (χ4v) is 0.499. The van der Waals surface area contributed by atoms with Crippen LogP contribution in [-0.4, -0.2) is 36.1 Å². The zero-order valence-corrected chi connectivity index (χ0v) is 10.4. The summed E-state index contributed by atoms with van der Waals surface area (Å²) in [5.74, 6) is 0. The molecular weight excluding hydrogens is 198 g/mol. The van der Waals surface area contributed by atoms with Crippen molar-refractivity contribution in [1.29, 1.82) is 0 Å². The van der Waals surface area contributed by atoms with Gasteiger partial charge in [0.25, 0.3) is 0 Å². The highest BCUT2D eigenvalue weighted by Gasteiger charge is 2.12. The Bertz CT molecular complexity index is 175. The van der Waals surface area contributed by atoms with Crippen LogP contribution in [0.25, 0.3) is 0 Å². The van der Waals surface area contributed by atoms with E-state index in [1.807, 2.05) is 6.92 Å². The van der Waals surface area contributed by atoms with E-state index >= 15 is 0 Å². The number of aliphatic hydroxyl groups excluding tert-OH is 1. The van der Waals surface area contributed by atoms with E-state index in [-0.39, 0.29) is 12.2 Å². The molecule has 0 bridgehead atoms. The molecule has 2 unspecified atom stereocenters. The molecule has 0 aliphatic carbocycles. The number of ether oxygens (including phenoxy) is 2. The van der Waals surface area contributed by atoms with Gasteiger partial charge in [0.1, 0.15) is 5.60 Å². The van der Waals surface area contributed by atoms with Crippen LogP contribution in [0.5, 0.6) is 0 Å². The van der Waals surface area contributed by atoms with Crippen molar-refractivity contribution < 1.29 is 19.4 Å². The summed E-state index contributed by atoms with van der Waals surface area (Å²) in [7, 11) is 1.58. The second-order valence-corrected chi connectivity index (χ2v) is 4.21. The molecule has 15 heavy (non-hydrogen) atoms. The number of methoxy groups -OCH3 is 1. The first kappa shape index (κ1) is 16.6. The molecule has 0 aromatic rings. The average molecular weight is 221 g/mol. The Hall–Kier alpha value is -0.810. The van der Waals surface area contributed by atoms with Crippen LogP contribution in [-0.2, 0) is 9.47 Å². The molecule has 5 heteroatoms. The highest BCUT2D eigenvalue weighted by molar-refractivity contribution is 5.65. The van der Waals surface area contributed by atoms with Crippen LogP contribution in [0, 0.1) is 0 Å². The van der Waals surface area contributed by atoms with Gasteiger partial charge in [-0.15, -0.1) is 0 Å². The number of amides is 1. The summed E-state index contributed by atoms with van der Waals surface area (Å²) in [6.07, 6.45) is -1.12. The van der Waals surface area contributed by atoms with E-state index in [9.17, 15) is 4.79 Å². The number of hydrogen-bond acceptors (Lipinski definition) is 4. The van der Waals surface area contributed by atoms with Gasteiger partial charge >= 0.3 is 6.09 Å². The van der Waals surface area contributed by atoms with Crippen LogP contribution < -0.4 is 5.73 Å². The molecule has 0 aliphatic rings. The van der Waals surface area contributed by atoms with Crippen molar-refractivity contribution >= 4 is 6.09 Å². The fourth-order valence-electron chi connectivity index (χ4n) is 0.499. The maximum Gasteiger partial charge on any atom is 0.405 e. The molecule has 0 heterocycles. The van der Waals surface area contributed by atoms with Crippen LogP contribution in [0.15, 0.2) is 0 Å². The van der Waals surface area contributed by atoms with Crippen LogP contribution in [0.2, 0.25) is 0 Å². The van der Waals surface area contributed by atoms with E-state index in [1.165, 1.54) is 0 Å². The van der Waals surface area contributed by atoms with E-state index in [0.29, 0.717) is 0 Å². The molecule has 0 saturated carbocycles. The molecule has 3 N–H and O–H groups in total. The maximum absolute atomic E-state index is 10.0. The number of nitrogens with two attached hydrogens (primary N) is 1. The topological polar surface area (TPSA) is 81.8 Å². The van der Waals surface area contributed by atoms with Crippen molar-refractivity contribution in [2.75, 3.05) is 7.11 Å². The summed E-state index contributed by atoms with van der Waals surface area (Å²) >= 11 is 0. The second-order valence-electron chi connectivity index (χ2n) is 4.21. The molecule has 0 spiro atoms. The van der Waals surface area contributed by atoms with Crippen LogP contribution >= 0.6 is 0 Å². The first-order valence-electron chi connectivity index (χ1n) is 4.79. The molecule has 92 valence electrons. The molecular formula is C10H23NO4. The fraction of sp³-hybridized carbons (Fsp3) is 0.900. The standard InChI is InChI=1S/C5H11NO2.C5H12O2/c1-5(2,3)8-4(6)7;1-4(6)5(2)7-3/h1-3H3,(H2,6,7);4-6H,1-3H3. The molecule has 0 aliphatic heterocycles. The Morgan fingerprint density at radius 3 is 1.73 bits per heavy atom. The van der Waals surface area contributed by atoms with Gasteiger partial charge < -0.3 is 20.3 Å². The predicted octanol–water partition coefficient (Wildman–Crippen LogP) is 1.28. The minimum absolute atomic E-state index is 0.0417. The van der Waals surface area contributed by atoms with Gasteiger partial charge in [0.2, 0.25) is 0 Å². The normalized spacial score (nSPS) is 14.6. The molecule has 1 amide bonds. The molecule has 0 rings (SSSR count). The van der Waals surface area contributed by atoms with Gasteiger partial charge in [-0.1, -0.05) is 0 Å². The molecule has 0 radical (unpaired) electrons. The Labute approximate surface area is 91.6 Å². The highest BCUT2D eigenvalue weighted by Crippen LogP contribution is 2.04. The average Bonchev–Trinajstić information content (AvgIpc) is 1.99. The summed E-state index contributed by atoms with van der Waals surface area (Å²) in [5.41, 5.74) is 4.26. The van der Waals surface area contributed by atoms with Gasteiger partial charge in [-0.25, -0.2) is 4.79 Å². The lowest BCUT2D eigenvalue weighted by molar-refractivity contribution is 0.00997. The summed E-state index contributed by atoms with van der Waals surface area (Å²) in [4.78, 5) is 10.0. The summed E-state index contributed by atoms with van der Waals surface area (Å²) in [5, 5.41) is 8.70. The Morgan fingerprint density at radius 2 is 1.73 bits per heavy atom. The monoisotopic (exact) mass is 221 g/mol. The smallest absolute Gasteiger partial charge is 0.405 e. The quantitative estimate of drug-likeness (QED) is 0.736. The number of hydrogen-bond donors (Lipinski definition) is 2. The van der Waals surface area contributed by atoms with Crippen molar-refractivity contribution in [2.24, 2.45) is 5.73 Å². The number of rotatable bonds is 2. The molecule has 5 nitrogen and oxygen atoms in total. The Balaban J connectivity index is 0. The Kier molecular flexibility index (Phi) is 8.28. The van der Waals surface area contributed by atoms with Gasteiger partial charge in [-0.05, 0) is 34.6 Å². The first-order chi connectivity index (χ1) is 6.60. The van der Waals surface area contributed by atoms with E-state index in [2.05, 4.69) is 4.74 Å². The number of carbonyl (C=O) groups is 1. The third-order valence-electron chi connectivity index (χ3n) is 1.46. The predicted molar refractivity (Wildman–Crippen MR) is 58.6 cm³/mol. The lowest BCUT2D eigenvalue weighted by atomic mass is 10.2. The van der Waals surface area contributed by atoms with Gasteiger partial charge in [-0.3, -0.25) is 0 Å². The summed E-state index contributed by atoms with van der Waals surface area (Å²) in [6, 6.07) is 0. The van der Waals surface area contributed by atoms with Crippen molar-refractivity contribution in [3.05, 3.63) is 0 Å². The van der Waals surface area contributed by atoms with E-state index < -0.39 is 11.7 Å². The third kappa shape index (κ3) is 15.9. The van der Waals surface area contributed by atoms with E-state index in [4.69, 9.17) is 15.6 Å². The van der Waals surface area contributed by atoms with Gasteiger partial charge in [0.05, 0.1) is 12.2 Å². The maximum atomic E-state index is 10.0. The van der Waals surface area contributed by atoms with Crippen molar-refractivity contribution in [3.8, 4) is 0 Å². The number of aliphatic hydroxyl groups is 1. The molecule has 0 fully saturated rings. The van der Waals surface area contributed by atoms with Crippen molar-refractivity contribution in [3.63, 3.8) is 0 Å². The summed E-state index contributed by atoms with van der Waals surface area (Å²) < 4.78 is 9.34. The van der Waals surface area contributed by atoms with Gasteiger partial charge in [0.15, 0.2) is 0 Å². The minimum Gasteiger partial charge on any atom is -0.444 e. The third-order valence-corrected chi connectivity index (χ3v) is 1.46. The molecule has 0 aromatic heterocycles. The number of primary amides is 1. The summed E-state index contributed by atoms with van der Waals surface area (Å²) in [6.45, 7) is 8.81. The van der Waals surface area contributed by atoms with E-state index in [1.54, 1.807) is 34.8 Å². The lowest BCUT2D eigenvalue weighted by Gasteiger charge is -2.16. The Morgan fingerprint density at radius 1 is 1.33 bits per heavy atom. The second kappa shape index (κ2) is 7.48. The first-order valence-corrected chi connectivity index (χ1v) is 4.79. The van der Waals surface area contributed by atoms with Crippen LogP contribution in [0.3, 0.4) is 0 Å². The zero-order valence-electron chi connectivity index (χ0n) is 10.4. The minimum atomic E-state index is -0.725.